The molecule has 1 aromatic carbocycles. The van der Waals surface area contributed by atoms with Crippen LogP contribution in [0.4, 0.5) is 0 Å². The van der Waals surface area contributed by atoms with Crippen molar-refractivity contribution in [1.82, 2.24) is 19.6 Å². The van der Waals surface area contributed by atoms with E-state index >= 15 is 0 Å². The highest BCUT2D eigenvalue weighted by Crippen LogP contribution is 2.24. The first-order valence-corrected chi connectivity index (χ1v) is 9.00. The Labute approximate surface area is 161 Å². The van der Waals surface area contributed by atoms with Crippen molar-refractivity contribution >= 4 is 39.9 Å². The number of ether oxygens (including phenoxy) is 1. The van der Waals surface area contributed by atoms with E-state index in [4.69, 9.17) is 16.3 Å². The Morgan fingerprint density at radius 3 is 2.74 bits per heavy atom. The Morgan fingerprint density at radius 2 is 2.04 bits per heavy atom. The Bertz CT molecular complexity index is 1270. The molecule has 0 atom stereocenters. The molecule has 3 heterocycles. The normalized spacial score (nSPS) is 11.9. The molecule has 0 aliphatic carbocycles. The van der Waals surface area contributed by atoms with Crippen LogP contribution in [-0.4, -0.2) is 25.6 Å². The van der Waals surface area contributed by atoms with Crippen LogP contribution in [0.25, 0.3) is 22.4 Å². The van der Waals surface area contributed by atoms with Gasteiger partial charge in [0.25, 0.3) is 5.56 Å². The van der Waals surface area contributed by atoms with Crippen LogP contribution in [0.15, 0.2) is 47.5 Å². The van der Waals surface area contributed by atoms with Crippen molar-refractivity contribution in [2.45, 2.75) is 6.92 Å². The summed E-state index contributed by atoms with van der Waals surface area (Å²) in [5.74, 6) is 0.317. The van der Waals surface area contributed by atoms with Crippen LogP contribution in [0.5, 0.6) is 5.75 Å². The number of nitrogens with zero attached hydrogens (tertiary/aromatic N) is 4. The van der Waals surface area contributed by atoms with E-state index in [9.17, 15) is 9.59 Å². The van der Waals surface area contributed by atoms with E-state index in [1.807, 2.05) is 0 Å². The summed E-state index contributed by atoms with van der Waals surface area (Å²) in [6, 6.07) is 8.36. The lowest BCUT2D eigenvalue weighted by atomic mass is 10.2. The molecule has 4 rings (SSSR count). The zero-order chi connectivity index (χ0) is 19.0. The van der Waals surface area contributed by atoms with Gasteiger partial charge in [0.1, 0.15) is 5.75 Å². The number of fused-ring (bicyclic) bond motifs is 1. The average molecular weight is 399 g/mol. The Kier molecular flexibility index (Phi) is 4.43. The summed E-state index contributed by atoms with van der Waals surface area (Å²) in [7, 11) is 0. The van der Waals surface area contributed by atoms with Gasteiger partial charge in [-0.3, -0.25) is 14.6 Å². The fraction of sp³-hybridized carbons (Fsp3) is 0.0556. The highest BCUT2D eigenvalue weighted by Gasteiger charge is 2.13. The summed E-state index contributed by atoms with van der Waals surface area (Å²) in [5, 5.41) is 4.74. The summed E-state index contributed by atoms with van der Waals surface area (Å²) in [5.41, 5.74) is 0.989. The zero-order valence-electron chi connectivity index (χ0n) is 13.9. The first kappa shape index (κ1) is 17.3. The minimum Gasteiger partial charge on any atom is -0.426 e. The molecule has 7 nitrogen and oxygen atoms in total. The minimum atomic E-state index is -0.459. The van der Waals surface area contributed by atoms with Gasteiger partial charge >= 0.3 is 5.97 Å². The Morgan fingerprint density at radius 1 is 1.26 bits per heavy atom. The number of esters is 1. The fourth-order valence-corrected chi connectivity index (χ4v) is 3.56. The molecule has 0 aliphatic rings. The molecule has 0 fully saturated rings. The quantitative estimate of drug-likeness (QED) is 0.389. The molecule has 0 spiro atoms. The molecule has 4 aromatic rings. The number of carbonyl (C=O) groups is 1. The molecule has 0 aliphatic heterocycles. The van der Waals surface area contributed by atoms with E-state index in [-0.39, 0.29) is 5.56 Å². The van der Waals surface area contributed by atoms with Gasteiger partial charge in [-0.2, -0.15) is 9.50 Å². The molecule has 134 valence electrons. The van der Waals surface area contributed by atoms with Gasteiger partial charge < -0.3 is 4.74 Å². The molecule has 27 heavy (non-hydrogen) atoms. The van der Waals surface area contributed by atoms with Crippen LogP contribution in [-0.2, 0) is 4.79 Å². The predicted molar refractivity (Wildman–Crippen MR) is 102 cm³/mol. The molecule has 0 unspecified atom stereocenters. The maximum atomic E-state index is 12.7. The van der Waals surface area contributed by atoms with Crippen LogP contribution in [0.1, 0.15) is 12.5 Å². The number of carbonyl (C=O) groups excluding carboxylic acids is 1. The third kappa shape index (κ3) is 3.44. The van der Waals surface area contributed by atoms with Gasteiger partial charge in [0, 0.05) is 35.5 Å². The number of hydrogen-bond donors (Lipinski definition) is 0. The molecule has 0 radical (unpaired) electrons. The summed E-state index contributed by atoms with van der Waals surface area (Å²) < 4.78 is 6.83. The highest BCUT2D eigenvalue weighted by atomic mass is 35.5. The van der Waals surface area contributed by atoms with Gasteiger partial charge in [-0.1, -0.05) is 22.9 Å². The van der Waals surface area contributed by atoms with Gasteiger partial charge in [0.05, 0.1) is 4.53 Å². The molecule has 0 saturated carbocycles. The highest BCUT2D eigenvalue weighted by molar-refractivity contribution is 7.15. The molecular weight excluding hydrogens is 388 g/mol. The molecular formula is C18H11ClN4O3S. The van der Waals surface area contributed by atoms with Gasteiger partial charge in [-0.15, -0.1) is 5.10 Å². The number of pyridine rings is 1. The van der Waals surface area contributed by atoms with E-state index in [1.54, 1.807) is 48.8 Å². The summed E-state index contributed by atoms with van der Waals surface area (Å²) in [6.45, 7) is 1.31. The topological polar surface area (TPSA) is 86.4 Å². The van der Waals surface area contributed by atoms with Gasteiger partial charge in [-0.05, 0) is 36.4 Å². The largest absolute Gasteiger partial charge is 0.426 e. The van der Waals surface area contributed by atoms with Crippen LogP contribution in [0.3, 0.4) is 0 Å². The first-order chi connectivity index (χ1) is 13.0. The molecule has 0 bridgehead atoms. The Hall–Kier alpha value is -3.10. The zero-order valence-corrected chi connectivity index (χ0v) is 15.5. The van der Waals surface area contributed by atoms with Crippen LogP contribution >= 0.6 is 22.9 Å². The number of benzene rings is 1. The summed E-state index contributed by atoms with van der Waals surface area (Å²) in [6.07, 6.45) is 4.88. The van der Waals surface area contributed by atoms with Crippen molar-refractivity contribution in [3.05, 3.63) is 68.2 Å². The third-order valence-corrected chi connectivity index (χ3v) is 4.83. The van der Waals surface area contributed by atoms with E-state index in [0.717, 1.165) is 5.56 Å². The Balaban J connectivity index is 1.82. The van der Waals surface area contributed by atoms with Gasteiger partial charge in [-0.25, -0.2) is 0 Å². The third-order valence-electron chi connectivity index (χ3n) is 3.63. The molecule has 0 amide bonds. The van der Waals surface area contributed by atoms with E-state index in [0.29, 0.717) is 31.7 Å². The maximum Gasteiger partial charge on any atom is 0.308 e. The number of halogens is 1. The average Bonchev–Trinajstić information content (AvgIpc) is 3.18. The SMILES string of the molecule is CC(=O)Oc1ccc(Cl)cc1/C=c1\sc2nc(-c3ccncc3)nn2c1=O. The number of aromatic nitrogens is 4. The van der Waals surface area contributed by atoms with Crippen molar-refractivity contribution in [2.24, 2.45) is 0 Å². The van der Waals surface area contributed by atoms with Crippen molar-refractivity contribution in [2.75, 3.05) is 0 Å². The predicted octanol–water partition coefficient (Wildman–Crippen LogP) is 2.34. The van der Waals surface area contributed by atoms with Gasteiger partial charge in [0.2, 0.25) is 4.96 Å². The van der Waals surface area contributed by atoms with Crippen LogP contribution < -0.4 is 14.8 Å². The van der Waals surface area contributed by atoms with Crippen molar-refractivity contribution in [3.63, 3.8) is 0 Å². The van der Waals surface area contributed by atoms with E-state index < -0.39 is 5.97 Å². The summed E-state index contributed by atoms with van der Waals surface area (Å²) >= 11 is 7.23. The van der Waals surface area contributed by atoms with E-state index in [1.165, 1.54) is 22.8 Å². The lowest BCUT2D eigenvalue weighted by Gasteiger charge is -2.05. The molecule has 0 saturated heterocycles. The lowest BCUT2D eigenvalue weighted by Crippen LogP contribution is -2.23. The second kappa shape index (κ2) is 6.90. The molecule has 3 aromatic heterocycles. The van der Waals surface area contributed by atoms with E-state index in [2.05, 4.69) is 15.1 Å². The standard InChI is InChI=1S/C18H11ClN4O3S/c1-10(24)26-14-3-2-13(19)8-12(14)9-15-17(25)23-18(27-15)21-16(22-23)11-4-6-20-7-5-11/h2-9H,1H3/b15-9-. The summed E-state index contributed by atoms with van der Waals surface area (Å²) in [4.78, 5) is 32.8. The smallest absolute Gasteiger partial charge is 0.308 e. The second-order valence-electron chi connectivity index (χ2n) is 5.56. The van der Waals surface area contributed by atoms with Crippen molar-refractivity contribution < 1.29 is 9.53 Å². The molecule has 0 N–H and O–H groups in total. The molecule has 9 heteroatoms. The minimum absolute atomic E-state index is 0.309. The number of rotatable bonds is 3. The second-order valence-corrected chi connectivity index (χ2v) is 7.00. The first-order valence-electron chi connectivity index (χ1n) is 7.81. The van der Waals surface area contributed by atoms with Crippen molar-refractivity contribution in [3.8, 4) is 17.1 Å². The number of hydrogen-bond acceptors (Lipinski definition) is 7. The maximum absolute atomic E-state index is 12.7. The van der Waals surface area contributed by atoms with Crippen LogP contribution in [0.2, 0.25) is 5.02 Å². The van der Waals surface area contributed by atoms with Gasteiger partial charge in [0.15, 0.2) is 5.82 Å². The van der Waals surface area contributed by atoms with Crippen molar-refractivity contribution in [1.29, 1.82) is 0 Å². The van der Waals surface area contributed by atoms with Crippen LogP contribution in [0, 0.1) is 0 Å². The fourth-order valence-electron chi connectivity index (χ4n) is 2.48. The lowest BCUT2D eigenvalue weighted by molar-refractivity contribution is -0.131. The monoisotopic (exact) mass is 398 g/mol. The number of thiazole rings is 1.